The second-order valence-electron chi connectivity index (χ2n) is 6.11. The van der Waals surface area contributed by atoms with Crippen LogP contribution in [0.4, 0.5) is 5.69 Å². The SMILES string of the molecule is O=C(c1ccccc1[N+](=O)[O-])N1CCC(C2CCCN2)CC1. The molecule has 2 aliphatic rings. The third-order valence-electron chi connectivity index (χ3n) is 4.83. The van der Waals surface area contributed by atoms with E-state index in [1.165, 1.54) is 18.9 Å². The summed E-state index contributed by atoms with van der Waals surface area (Å²) >= 11 is 0. The molecule has 0 radical (unpaired) electrons. The third-order valence-corrected chi connectivity index (χ3v) is 4.83. The Morgan fingerprint density at radius 2 is 1.95 bits per heavy atom. The van der Waals surface area contributed by atoms with E-state index < -0.39 is 4.92 Å². The lowest BCUT2D eigenvalue weighted by atomic mass is 9.88. The van der Waals surface area contributed by atoms with Gasteiger partial charge in [-0.25, -0.2) is 0 Å². The molecule has 0 aliphatic carbocycles. The lowest BCUT2D eigenvalue weighted by molar-refractivity contribution is -0.385. The number of rotatable bonds is 3. The second kappa shape index (κ2) is 6.44. The lowest BCUT2D eigenvalue weighted by Gasteiger charge is -2.34. The molecule has 1 N–H and O–H groups in total. The first-order valence-electron chi connectivity index (χ1n) is 7.93. The number of nitrogens with zero attached hydrogens (tertiary/aromatic N) is 2. The molecule has 2 aliphatic heterocycles. The zero-order chi connectivity index (χ0) is 15.5. The summed E-state index contributed by atoms with van der Waals surface area (Å²) in [6, 6.07) is 6.79. The molecule has 1 atom stereocenters. The van der Waals surface area contributed by atoms with Gasteiger partial charge in [-0.2, -0.15) is 0 Å². The summed E-state index contributed by atoms with van der Waals surface area (Å²) in [4.78, 5) is 24.9. The fourth-order valence-corrected chi connectivity index (χ4v) is 3.60. The van der Waals surface area contributed by atoms with Crippen molar-refractivity contribution in [1.82, 2.24) is 10.2 Å². The standard InChI is InChI=1S/C16H21N3O3/c20-16(13-4-1-2-6-15(13)19(21)22)18-10-7-12(8-11-18)14-5-3-9-17-14/h1-2,4,6,12,14,17H,3,5,7-11H2. The van der Waals surface area contributed by atoms with Crippen LogP contribution in [0.25, 0.3) is 0 Å². The van der Waals surface area contributed by atoms with Crippen LogP contribution in [-0.2, 0) is 0 Å². The second-order valence-corrected chi connectivity index (χ2v) is 6.11. The largest absolute Gasteiger partial charge is 0.338 e. The van der Waals surface area contributed by atoms with Gasteiger partial charge in [0.1, 0.15) is 5.56 Å². The maximum absolute atomic E-state index is 12.6. The molecule has 1 aromatic rings. The van der Waals surface area contributed by atoms with E-state index in [-0.39, 0.29) is 17.2 Å². The predicted molar refractivity (Wildman–Crippen MR) is 82.7 cm³/mol. The maximum Gasteiger partial charge on any atom is 0.282 e. The van der Waals surface area contributed by atoms with Crippen LogP contribution in [0.15, 0.2) is 24.3 Å². The van der Waals surface area contributed by atoms with Crippen molar-refractivity contribution >= 4 is 11.6 Å². The first-order valence-corrected chi connectivity index (χ1v) is 7.93. The first kappa shape index (κ1) is 15.0. The van der Waals surface area contributed by atoms with Gasteiger partial charge in [0.25, 0.3) is 11.6 Å². The fraction of sp³-hybridized carbons (Fsp3) is 0.562. The number of hydrogen-bond acceptors (Lipinski definition) is 4. The van der Waals surface area contributed by atoms with Gasteiger partial charge in [-0.05, 0) is 44.2 Å². The molecule has 1 amide bonds. The van der Waals surface area contributed by atoms with E-state index >= 15 is 0 Å². The van der Waals surface area contributed by atoms with Gasteiger partial charge in [0.2, 0.25) is 0 Å². The van der Waals surface area contributed by atoms with Crippen molar-refractivity contribution in [3.8, 4) is 0 Å². The molecule has 1 unspecified atom stereocenters. The molecule has 118 valence electrons. The number of hydrogen-bond donors (Lipinski definition) is 1. The Hall–Kier alpha value is -1.95. The topological polar surface area (TPSA) is 75.5 Å². The van der Waals surface area contributed by atoms with Crippen LogP contribution >= 0.6 is 0 Å². The number of carbonyl (C=O) groups excluding carboxylic acids is 1. The highest BCUT2D eigenvalue weighted by Gasteiger charge is 2.31. The highest BCUT2D eigenvalue weighted by Crippen LogP contribution is 2.27. The van der Waals surface area contributed by atoms with Crippen LogP contribution in [0, 0.1) is 16.0 Å². The van der Waals surface area contributed by atoms with Crippen LogP contribution in [0.3, 0.4) is 0 Å². The summed E-state index contributed by atoms with van der Waals surface area (Å²) in [6.45, 7) is 2.47. The minimum Gasteiger partial charge on any atom is -0.338 e. The van der Waals surface area contributed by atoms with Crippen molar-refractivity contribution in [2.75, 3.05) is 19.6 Å². The number of likely N-dealkylation sites (tertiary alicyclic amines) is 1. The molecule has 2 saturated heterocycles. The van der Waals surface area contributed by atoms with Crippen molar-refractivity contribution < 1.29 is 9.72 Å². The van der Waals surface area contributed by atoms with Crippen molar-refractivity contribution in [1.29, 1.82) is 0 Å². The van der Waals surface area contributed by atoms with Gasteiger partial charge < -0.3 is 10.2 Å². The molecule has 6 nitrogen and oxygen atoms in total. The molecule has 3 rings (SSSR count). The Bertz CT molecular complexity index is 562. The van der Waals surface area contributed by atoms with Crippen LogP contribution in [-0.4, -0.2) is 41.4 Å². The fourth-order valence-electron chi connectivity index (χ4n) is 3.60. The number of para-hydroxylation sites is 1. The number of benzene rings is 1. The van der Waals surface area contributed by atoms with Crippen molar-refractivity contribution in [2.24, 2.45) is 5.92 Å². The number of amides is 1. The van der Waals surface area contributed by atoms with E-state index in [1.807, 2.05) is 0 Å². The van der Waals surface area contributed by atoms with E-state index in [4.69, 9.17) is 0 Å². The smallest absolute Gasteiger partial charge is 0.282 e. The van der Waals surface area contributed by atoms with Crippen LogP contribution < -0.4 is 5.32 Å². The van der Waals surface area contributed by atoms with E-state index in [0.717, 1.165) is 19.4 Å². The van der Waals surface area contributed by atoms with E-state index in [2.05, 4.69) is 5.32 Å². The van der Waals surface area contributed by atoms with Crippen LogP contribution in [0.5, 0.6) is 0 Å². The Kier molecular flexibility index (Phi) is 4.38. The summed E-state index contributed by atoms with van der Waals surface area (Å²) in [5.74, 6) is 0.405. The highest BCUT2D eigenvalue weighted by molar-refractivity contribution is 5.98. The summed E-state index contributed by atoms with van der Waals surface area (Å²) in [7, 11) is 0. The van der Waals surface area contributed by atoms with Gasteiger partial charge in [-0.1, -0.05) is 12.1 Å². The number of carbonyl (C=O) groups is 1. The van der Waals surface area contributed by atoms with E-state index in [1.54, 1.807) is 23.1 Å². The number of nitro groups is 1. The molecule has 0 bridgehead atoms. The molecular weight excluding hydrogens is 282 g/mol. The van der Waals surface area contributed by atoms with E-state index in [0.29, 0.717) is 25.0 Å². The molecule has 1 aromatic carbocycles. The summed E-state index contributed by atoms with van der Waals surface area (Å²) in [5.41, 5.74) is 0.0945. The number of nitrogens with one attached hydrogen (secondary N) is 1. The lowest BCUT2D eigenvalue weighted by Crippen LogP contribution is -2.43. The minimum atomic E-state index is -0.484. The van der Waals surface area contributed by atoms with Gasteiger partial charge in [0.05, 0.1) is 4.92 Å². The van der Waals surface area contributed by atoms with E-state index in [9.17, 15) is 14.9 Å². The monoisotopic (exact) mass is 303 g/mol. The minimum absolute atomic E-state index is 0.105. The Morgan fingerprint density at radius 1 is 1.23 bits per heavy atom. The van der Waals surface area contributed by atoms with Crippen molar-refractivity contribution in [3.63, 3.8) is 0 Å². The molecule has 2 fully saturated rings. The molecular formula is C16H21N3O3. The maximum atomic E-state index is 12.6. The molecule has 0 aromatic heterocycles. The summed E-state index contributed by atoms with van der Waals surface area (Å²) in [6.07, 6.45) is 4.41. The van der Waals surface area contributed by atoms with Gasteiger partial charge in [0, 0.05) is 25.2 Å². The van der Waals surface area contributed by atoms with Crippen molar-refractivity contribution in [2.45, 2.75) is 31.7 Å². The number of nitro benzene ring substituents is 1. The Labute approximate surface area is 129 Å². The summed E-state index contributed by atoms with van der Waals surface area (Å²) < 4.78 is 0. The zero-order valence-corrected chi connectivity index (χ0v) is 12.5. The van der Waals surface area contributed by atoms with Crippen LogP contribution in [0.2, 0.25) is 0 Å². The van der Waals surface area contributed by atoms with Crippen LogP contribution in [0.1, 0.15) is 36.0 Å². The Morgan fingerprint density at radius 3 is 2.59 bits per heavy atom. The Balaban J connectivity index is 1.66. The zero-order valence-electron chi connectivity index (χ0n) is 12.5. The highest BCUT2D eigenvalue weighted by atomic mass is 16.6. The quantitative estimate of drug-likeness (QED) is 0.686. The summed E-state index contributed by atoms with van der Waals surface area (Å²) in [5, 5.41) is 14.6. The van der Waals surface area contributed by atoms with Gasteiger partial charge in [-0.15, -0.1) is 0 Å². The van der Waals surface area contributed by atoms with Gasteiger partial charge >= 0.3 is 0 Å². The first-order chi connectivity index (χ1) is 10.7. The molecule has 2 heterocycles. The normalized spacial score (nSPS) is 22.7. The average molecular weight is 303 g/mol. The average Bonchev–Trinajstić information content (AvgIpc) is 3.09. The molecule has 6 heteroatoms. The predicted octanol–water partition coefficient (Wildman–Crippen LogP) is 2.20. The van der Waals surface area contributed by atoms with Gasteiger partial charge in [0.15, 0.2) is 0 Å². The molecule has 0 spiro atoms. The number of piperidine rings is 1. The molecule has 0 saturated carbocycles. The van der Waals surface area contributed by atoms with Crippen molar-refractivity contribution in [3.05, 3.63) is 39.9 Å². The molecule has 22 heavy (non-hydrogen) atoms. The van der Waals surface area contributed by atoms with Gasteiger partial charge in [-0.3, -0.25) is 14.9 Å². The third kappa shape index (κ3) is 2.97.